The third kappa shape index (κ3) is 4.13. The van der Waals surface area contributed by atoms with Crippen molar-refractivity contribution in [1.82, 2.24) is 0 Å². The topological polar surface area (TPSA) is 64.7 Å². The van der Waals surface area contributed by atoms with Gasteiger partial charge >= 0.3 is 6.09 Å². The highest BCUT2D eigenvalue weighted by Gasteiger charge is 2.12. The van der Waals surface area contributed by atoms with Gasteiger partial charge < -0.3 is 10.5 Å². The van der Waals surface area contributed by atoms with Crippen molar-refractivity contribution in [3.05, 3.63) is 59.4 Å². The van der Waals surface area contributed by atoms with Crippen LogP contribution in [0.4, 0.5) is 18.0 Å². The molecule has 0 atom stereocenters. The smallest absolute Gasteiger partial charge is 0.404 e. The first-order chi connectivity index (χ1) is 11.4. The molecule has 2 N–H and O–H groups in total. The number of alkyl halides is 2. The standard InChI is InChI=1S/C17H15F3N2O2/c1-22-15(9-24-17(21)23)12-6-7-13(14(18)8-12)10-2-4-11(5-3-10)16(19)20/h2-8,16H,9H2,1H3,(H2,21,23). The molecule has 0 fully saturated rings. The van der Waals surface area contributed by atoms with E-state index >= 15 is 0 Å². The predicted molar refractivity (Wildman–Crippen MR) is 84.8 cm³/mol. The fourth-order valence-electron chi connectivity index (χ4n) is 2.15. The van der Waals surface area contributed by atoms with Gasteiger partial charge in [-0.25, -0.2) is 18.0 Å². The number of aliphatic imine (C=N–C) groups is 1. The normalized spacial score (nSPS) is 11.6. The number of halogens is 3. The van der Waals surface area contributed by atoms with E-state index < -0.39 is 18.3 Å². The molecule has 0 radical (unpaired) electrons. The van der Waals surface area contributed by atoms with Crippen molar-refractivity contribution >= 4 is 11.8 Å². The SMILES string of the molecule is CN=C(COC(N)=O)c1ccc(-c2ccc(C(F)F)cc2)c(F)c1. The molecule has 0 heterocycles. The molecule has 7 heteroatoms. The highest BCUT2D eigenvalue weighted by Crippen LogP contribution is 2.27. The van der Waals surface area contributed by atoms with E-state index in [1.165, 1.54) is 43.4 Å². The van der Waals surface area contributed by atoms with Gasteiger partial charge in [-0.05, 0) is 11.6 Å². The van der Waals surface area contributed by atoms with Gasteiger partial charge in [0.15, 0.2) is 0 Å². The first-order valence-electron chi connectivity index (χ1n) is 6.98. The van der Waals surface area contributed by atoms with Crippen LogP contribution in [0.1, 0.15) is 17.6 Å². The molecule has 1 amide bonds. The number of primary amides is 1. The molecule has 0 bridgehead atoms. The summed E-state index contributed by atoms with van der Waals surface area (Å²) in [6, 6.07) is 9.74. The fraction of sp³-hybridized carbons (Fsp3) is 0.176. The monoisotopic (exact) mass is 336 g/mol. The molecule has 0 spiro atoms. The molecule has 126 valence electrons. The maximum absolute atomic E-state index is 14.4. The molecule has 0 aliphatic heterocycles. The van der Waals surface area contributed by atoms with Crippen molar-refractivity contribution in [3.8, 4) is 11.1 Å². The van der Waals surface area contributed by atoms with Gasteiger partial charge in [-0.3, -0.25) is 4.99 Å². The number of amides is 1. The lowest BCUT2D eigenvalue weighted by atomic mass is 10.0. The van der Waals surface area contributed by atoms with Crippen LogP contribution in [-0.4, -0.2) is 25.5 Å². The van der Waals surface area contributed by atoms with Gasteiger partial charge in [0, 0.05) is 23.7 Å². The summed E-state index contributed by atoms with van der Waals surface area (Å²) in [5.41, 5.74) is 6.30. The largest absolute Gasteiger partial charge is 0.443 e. The zero-order valence-electron chi connectivity index (χ0n) is 12.8. The molecule has 24 heavy (non-hydrogen) atoms. The predicted octanol–water partition coefficient (Wildman–Crippen LogP) is 3.94. The van der Waals surface area contributed by atoms with Crippen molar-refractivity contribution in [2.75, 3.05) is 13.7 Å². The summed E-state index contributed by atoms with van der Waals surface area (Å²) in [7, 11) is 1.48. The van der Waals surface area contributed by atoms with Crippen LogP contribution in [0.2, 0.25) is 0 Å². The molecule has 2 rings (SSSR count). The van der Waals surface area contributed by atoms with Gasteiger partial charge in [0.25, 0.3) is 6.43 Å². The lowest BCUT2D eigenvalue weighted by Crippen LogP contribution is -2.19. The average molecular weight is 336 g/mol. The number of nitrogens with two attached hydrogens (primary N) is 1. The van der Waals surface area contributed by atoms with Crippen LogP contribution in [0, 0.1) is 5.82 Å². The second-order valence-electron chi connectivity index (χ2n) is 4.90. The fourth-order valence-corrected chi connectivity index (χ4v) is 2.15. The summed E-state index contributed by atoms with van der Waals surface area (Å²) in [5, 5.41) is 0. The molecule has 2 aromatic rings. The van der Waals surface area contributed by atoms with Crippen LogP contribution in [0.5, 0.6) is 0 Å². The third-order valence-corrected chi connectivity index (χ3v) is 3.40. The van der Waals surface area contributed by atoms with Gasteiger partial charge in [-0.2, -0.15) is 0 Å². The Kier molecular flexibility index (Phi) is 5.57. The Bertz CT molecular complexity index is 759. The zero-order chi connectivity index (χ0) is 17.7. The Morgan fingerprint density at radius 2 is 1.88 bits per heavy atom. The van der Waals surface area contributed by atoms with E-state index in [4.69, 9.17) is 5.73 Å². The van der Waals surface area contributed by atoms with E-state index in [0.717, 1.165) is 0 Å². The summed E-state index contributed by atoms with van der Waals surface area (Å²) in [6.45, 7) is -0.173. The Morgan fingerprint density at radius 3 is 2.38 bits per heavy atom. The summed E-state index contributed by atoms with van der Waals surface area (Å²) in [6.07, 6.45) is -3.52. The Balaban J connectivity index is 2.27. The minimum atomic E-state index is -2.57. The van der Waals surface area contributed by atoms with Crippen LogP contribution >= 0.6 is 0 Å². The number of ether oxygens (including phenoxy) is 1. The number of carbonyl (C=O) groups excluding carboxylic acids is 1. The van der Waals surface area contributed by atoms with Crippen molar-refractivity contribution in [3.63, 3.8) is 0 Å². The lowest BCUT2D eigenvalue weighted by Gasteiger charge is -2.09. The van der Waals surface area contributed by atoms with Gasteiger partial charge in [0.05, 0.1) is 5.71 Å². The second-order valence-corrected chi connectivity index (χ2v) is 4.90. The number of hydrogen-bond acceptors (Lipinski definition) is 3. The van der Waals surface area contributed by atoms with Gasteiger partial charge in [0.2, 0.25) is 0 Å². The summed E-state index contributed by atoms with van der Waals surface area (Å²) < 4.78 is 44.1. The molecular formula is C17H15F3N2O2. The Hall–Kier alpha value is -2.83. The summed E-state index contributed by atoms with van der Waals surface area (Å²) >= 11 is 0. The number of rotatable bonds is 5. The number of hydrogen-bond donors (Lipinski definition) is 1. The molecule has 0 aliphatic carbocycles. The third-order valence-electron chi connectivity index (χ3n) is 3.40. The minimum Gasteiger partial charge on any atom is -0.443 e. The lowest BCUT2D eigenvalue weighted by molar-refractivity contribution is 0.151. The molecule has 4 nitrogen and oxygen atoms in total. The Labute approximate surface area is 136 Å². The van der Waals surface area contributed by atoms with E-state index in [1.54, 1.807) is 6.07 Å². The molecule has 0 aliphatic rings. The van der Waals surface area contributed by atoms with Crippen LogP contribution in [-0.2, 0) is 4.74 Å². The van der Waals surface area contributed by atoms with Crippen molar-refractivity contribution in [2.24, 2.45) is 10.7 Å². The van der Waals surface area contributed by atoms with Crippen LogP contribution in [0.15, 0.2) is 47.5 Å². The summed E-state index contributed by atoms with van der Waals surface area (Å²) in [5.74, 6) is -0.544. The molecule has 0 aromatic heterocycles. The highest BCUT2D eigenvalue weighted by atomic mass is 19.3. The first kappa shape index (κ1) is 17.5. The van der Waals surface area contributed by atoms with Crippen molar-refractivity contribution in [2.45, 2.75) is 6.43 Å². The molecule has 2 aromatic carbocycles. The van der Waals surface area contributed by atoms with E-state index in [0.29, 0.717) is 16.8 Å². The molecule has 0 saturated carbocycles. The second kappa shape index (κ2) is 7.63. The van der Waals surface area contributed by atoms with Crippen molar-refractivity contribution in [1.29, 1.82) is 0 Å². The minimum absolute atomic E-state index is 0.125. The summed E-state index contributed by atoms with van der Waals surface area (Å²) in [4.78, 5) is 14.6. The quantitative estimate of drug-likeness (QED) is 0.841. The number of carbonyl (C=O) groups is 1. The number of benzene rings is 2. The average Bonchev–Trinajstić information content (AvgIpc) is 2.55. The number of nitrogens with zero attached hydrogens (tertiary/aromatic N) is 1. The van der Waals surface area contributed by atoms with E-state index in [2.05, 4.69) is 9.73 Å². The highest BCUT2D eigenvalue weighted by molar-refractivity contribution is 6.02. The van der Waals surface area contributed by atoms with Gasteiger partial charge in [-0.15, -0.1) is 0 Å². The zero-order valence-corrected chi connectivity index (χ0v) is 12.8. The van der Waals surface area contributed by atoms with Gasteiger partial charge in [0.1, 0.15) is 12.4 Å². The molecular weight excluding hydrogens is 321 g/mol. The maximum atomic E-state index is 14.4. The van der Waals surface area contributed by atoms with E-state index in [9.17, 15) is 18.0 Å². The van der Waals surface area contributed by atoms with E-state index in [-0.39, 0.29) is 17.7 Å². The van der Waals surface area contributed by atoms with E-state index in [1.807, 2.05) is 0 Å². The van der Waals surface area contributed by atoms with Crippen LogP contribution < -0.4 is 5.73 Å². The van der Waals surface area contributed by atoms with Gasteiger partial charge in [-0.1, -0.05) is 36.4 Å². The van der Waals surface area contributed by atoms with Crippen LogP contribution in [0.3, 0.4) is 0 Å². The molecule has 0 unspecified atom stereocenters. The maximum Gasteiger partial charge on any atom is 0.404 e. The van der Waals surface area contributed by atoms with Crippen LogP contribution in [0.25, 0.3) is 11.1 Å². The van der Waals surface area contributed by atoms with Crippen molar-refractivity contribution < 1.29 is 22.7 Å². The Morgan fingerprint density at radius 1 is 1.21 bits per heavy atom. The molecule has 0 saturated heterocycles. The first-order valence-corrected chi connectivity index (χ1v) is 6.98.